The quantitative estimate of drug-likeness (QED) is 0.291. The summed E-state index contributed by atoms with van der Waals surface area (Å²) in [6, 6.07) is 0. The van der Waals surface area contributed by atoms with Crippen molar-refractivity contribution in [3.05, 3.63) is 3.91 Å². The average Bonchev–Trinajstić information content (AvgIpc) is 2.09. The van der Waals surface area contributed by atoms with Crippen molar-refractivity contribution in [1.82, 2.24) is 0 Å². The van der Waals surface area contributed by atoms with Crippen LogP contribution in [0.25, 0.3) is 0 Å². The molecule has 0 saturated carbocycles. The molecule has 0 aromatic carbocycles. The zero-order valence-electron chi connectivity index (χ0n) is 11.1. The molecule has 1 radical (unpaired) electrons. The molecule has 0 aromatic rings. The van der Waals surface area contributed by atoms with Gasteiger partial charge in [0.15, 0.2) is 29.5 Å². The summed E-state index contributed by atoms with van der Waals surface area (Å²) in [5, 5.41) is 0. The van der Waals surface area contributed by atoms with E-state index in [2.05, 4.69) is 0 Å². The van der Waals surface area contributed by atoms with E-state index in [-0.39, 0.29) is 37.7 Å². The first-order valence-electron chi connectivity index (χ1n) is 3.93. The second-order valence-corrected chi connectivity index (χ2v) is 9.51. The molecule has 0 fully saturated rings. The SMILES string of the molecule is O=S(=O)([C-](S(=O)(=O)C(F)(F)F)S(=O)(=O)C(F)(F)F)C(F)(F)F.[Li+].[Li]. The van der Waals surface area contributed by atoms with Crippen LogP contribution in [0, 0.1) is 3.91 Å². The molecule has 0 saturated heterocycles. The van der Waals surface area contributed by atoms with Gasteiger partial charge in [-0.1, -0.05) is 0 Å². The molecule has 0 spiro atoms. The summed E-state index contributed by atoms with van der Waals surface area (Å²) in [7, 11) is -24.1. The van der Waals surface area contributed by atoms with Crippen LogP contribution in [0.15, 0.2) is 0 Å². The Kier molecular flexibility index (Phi) is 9.21. The Bertz CT molecular complexity index is 638. The van der Waals surface area contributed by atoms with Crippen molar-refractivity contribution in [2.75, 3.05) is 0 Å². The van der Waals surface area contributed by atoms with Crippen LogP contribution in [0.4, 0.5) is 39.5 Å². The Morgan fingerprint density at radius 3 is 0.708 bits per heavy atom. The molecule has 135 valence electrons. The van der Waals surface area contributed by atoms with Gasteiger partial charge in [-0.15, -0.1) is 0 Å². The number of alkyl halides is 9. The smallest absolute Gasteiger partial charge is 0.251 e. The Labute approximate surface area is 152 Å². The first-order chi connectivity index (χ1) is 9.12. The fourth-order valence-corrected chi connectivity index (χ4v) is 6.45. The van der Waals surface area contributed by atoms with E-state index in [1.54, 1.807) is 0 Å². The summed E-state index contributed by atoms with van der Waals surface area (Å²) in [5.74, 6) is 0. The predicted octanol–water partition coefficient (Wildman–Crippen LogP) is -2.14. The maximum Gasteiger partial charge on any atom is 1.00 e. The molecule has 0 aromatic heterocycles. The van der Waals surface area contributed by atoms with Gasteiger partial charge in [-0.2, -0.15) is 39.5 Å². The van der Waals surface area contributed by atoms with Gasteiger partial charge in [-0.3, -0.25) is 25.3 Å². The van der Waals surface area contributed by atoms with Crippen molar-refractivity contribution in [1.29, 1.82) is 0 Å². The molecule has 0 bridgehead atoms. The number of rotatable bonds is 3. The standard InChI is InChI=1S/C4F9O6S3.2Li/c5-2(6,7)20(14,15)1(21(16,17)3(8,9)10)22(18,19)4(11,12)13;;/q-1;;+1. The van der Waals surface area contributed by atoms with E-state index in [1.807, 2.05) is 0 Å². The molecule has 0 aliphatic carbocycles. The van der Waals surface area contributed by atoms with E-state index < -0.39 is 50.0 Å². The van der Waals surface area contributed by atoms with E-state index in [0.29, 0.717) is 0 Å². The van der Waals surface area contributed by atoms with E-state index in [4.69, 9.17) is 0 Å². The van der Waals surface area contributed by atoms with E-state index in [1.165, 1.54) is 0 Å². The summed E-state index contributed by atoms with van der Waals surface area (Å²) in [4.78, 5) is 0. The molecule has 6 nitrogen and oxygen atoms in total. The molecule has 0 aliphatic rings. The normalized spacial score (nSPS) is 14.8. The molecule has 0 amide bonds. The zero-order chi connectivity index (χ0) is 18.6. The summed E-state index contributed by atoms with van der Waals surface area (Å²) >= 11 is 0. The van der Waals surface area contributed by atoms with Crippen LogP contribution < -0.4 is 18.9 Å². The molecule has 0 atom stereocenters. The van der Waals surface area contributed by atoms with Crippen molar-refractivity contribution in [2.45, 2.75) is 16.5 Å². The molecule has 0 rings (SSSR count). The first-order valence-corrected chi connectivity index (χ1v) is 8.38. The minimum absolute atomic E-state index is 0. The van der Waals surface area contributed by atoms with Gasteiger partial charge in [0.05, 0.1) is 3.91 Å². The van der Waals surface area contributed by atoms with Gasteiger partial charge in [0, 0.05) is 18.9 Å². The van der Waals surface area contributed by atoms with Crippen molar-refractivity contribution < 1.29 is 83.6 Å². The maximum atomic E-state index is 12.0. The van der Waals surface area contributed by atoms with Gasteiger partial charge in [-0.05, 0) is 0 Å². The first kappa shape index (κ1) is 29.2. The topological polar surface area (TPSA) is 102 Å². The van der Waals surface area contributed by atoms with E-state index in [0.717, 1.165) is 0 Å². The summed E-state index contributed by atoms with van der Waals surface area (Å²) < 4.78 is 167. The number of hydrogen-bond acceptors (Lipinski definition) is 6. The summed E-state index contributed by atoms with van der Waals surface area (Å²) in [6.45, 7) is 0. The second-order valence-electron chi connectivity index (χ2n) is 3.10. The molecule has 24 heavy (non-hydrogen) atoms. The third-order valence-electron chi connectivity index (χ3n) is 1.57. The van der Waals surface area contributed by atoms with Crippen LogP contribution in [-0.4, -0.2) is 60.6 Å². The number of halogens is 9. The second kappa shape index (κ2) is 7.57. The van der Waals surface area contributed by atoms with Gasteiger partial charge in [0.25, 0.3) is 0 Å². The van der Waals surface area contributed by atoms with Crippen LogP contribution in [0.1, 0.15) is 0 Å². The van der Waals surface area contributed by atoms with Gasteiger partial charge >= 0.3 is 35.4 Å². The number of hydrogen-bond donors (Lipinski definition) is 0. The minimum atomic E-state index is -8.02. The number of sulfone groups is 3. The minimum Gasteiger partial charge on any atom is -0.251 e. The maximum absolute atomic E-state index is 12.0. The fraction of sp³-hybridized carbons (Fsp3) is 0.750. The van der Waals surface area contributed by atoms with Crippen LogP contribution >= 0.6 is 0 Å². The average molecular weight is 425 g/mol. The molecule has 0 N–H and O–H groups in total. The van der Waals surface area contributed by atoms with Crippen LogP contribution in [0.2, 0.25) is 0 Å². The van der Waals surface area contributed by atoms with Crippen LogP contribution in [-0.2, 0) is 29.5 Å². The fourth-order valence-electron chi connectivity index (χ4n) is 0.717. The summed E-state index contributed by atoms with van der Waals surface area (Å²) in [5.41, 5.74) is -21.2. The van der Waals surface area contributed by atoms with Crippen LogP contribution in [0.5, 0.6) is 0 Å². The molecule has 0 heterocycles. The van der Waals surface area contributed by atoms with Gasteiger partial charge in [0.2, 0.25) is 0 Å². The van der Waals surface area contributed by atoms with Crippen molar-refractivity contribution in [3.63, 3.8) is 0 Å². The molecule has 20 heteroatoms. The van der Waals surface area contributed by atoms with E-state index in [9.17, 15) is 64.8 Å². The molecular formula is C4F9Li2O6S3. The summed E-state index contributed by atoms with van der Waals surface area (Å²) in [6.07, 6.45) is 0. The van der Waals surface area contributed by atoms with Gasteiger partial charge in [0.1, 0.15) is 0 Å². The molecular weight excluding hydrogens is 425 g/mol. The van der Waals surface area contributed by atoms with Crippen molar-refractivity contribution >= 4 is 48.4 Å². The van der Waals surface area contributed by atoms with Crippen molar-refractivity contribution in [2.24, 2.45) is 0 Å². The van der Waals surface area contributed by atoms with Gasteiger partial charge in [-0.25, -0.2) is 0 Å². The van der Waals surface area contributed by atoms with Gasteiger partial charge < -0.3 is 0 Å². The Morgan fingerprint density at radius 1 is 0.500 bits per heavy atom. The largest absolute Gasteiger partial charge is 1.00 e. The molecule has 0 unspecified atom stereocenters. The Hall–Kier alpha value is 0.415. The zero-order valence-corrected chi connectivity index (χ0v) is 13.5. The van der Waals surface area contributed by atoms with Crippen molar-refractivity contribution in [3.8, 4) is 0 Å². The Morgan fingerprint density at radius 2 is 0.625 bits per heavy atom. The van der Waals surface area contributed by atoms with E-state index >= 15 is 0 Å². The third kappa shape index (κ3) is 4.98. The molecule has 0 aliphatic heterocycles. The predicted molar refractivity (Wildman–Crippen MR) is 53.9 cm³/mol. The Balaban J connectivity index is -0.00000220. The third-order valence-corrected chi connectivity index (χ3v) is 8.67. The van der Waals surface area contributed by atoms with Crippen LogP contribution in [0.3, 0.4) is 0 Å². The monoisotopic (exact) mass is 425 g/mol.